The Bertz CT molecular complexity index is 1430. The molecule has 40 heavy (non-hydrogen) atoms. The van der Waals surface area contributed by atoms with E-state index < -0.39 is 23.2 Å². The van der Waals surface area contributed by atoms with Crippen molar-refractivity contribution in [3.05, 3.63) is 127 Å². The molecule has 0 heterocycles. The standard InChI is InChI=1S/C15H11Cl2FO2.C14H9Cl2FO3/c1-9(19)12-4-2-3-10(15(12)18)8-20-14-6-5-11(16)7-13(14)17;15-9-4-5-12(11(16)6-9)20-7-8-2-1-3-10(13(8)17)14(18)19/h2-7H,8H2,1H3;1-6H,7H2,(H,18,19). The lowest BCUT2D eigenvalue weighted by molar-refractivity contribution is 0.0691. The van der Waals surface area contributed by atoms with Crippen molar-refractivity contribution < 1.29 is 33.0 Å². The molecular formula is C29H20Cl4F2O5. The summed E-state index contributed by atoms with van der Waals surface area (Å²) in [7, 11) is 0. The molecule has 0 aliphatic rings. The zero-order chi connectivity index (χ0) is 29.4. The van der Waals surface area contributed by atoms with Gasteiger partial charge >= 0.3 is 5.97 Å². The predicted octanol–water partition coefficient (Wildman–Crippen LogP) is 9.32. The van der Waals surface area contributed by atoms with Crippen LogP contribution >= 0.6 is 46.4 Å². The average molecular weight is 628 g/mol. The van der Waals surface area contributed by atoms with Gasteiger partial charge in [0.05, 0.1) is 21.2 Å². The van der Waals surface area contributed by atoms with Gasteiger partial charge in [0.1, 0.15) is 36.3 Å². The van der Waals surface area contributed by atoms with E-state index in [2.05, 4.69) is 0 Å². The summed E-state index contributed by atoms with van der Waals surface area (Å²) < 4.78 is 38.7. The Labute approximate surface area is 248 Å². The number of carboxylic acid groups (broad SMARTS) is 1. The minimum atomic E-state index is -1.33. The van der Waals surface area contributed by atoms with Crippen LogP contribution < -0.4 is 9.47 Å². The van der Waals surface area contributed by atoms with Crippen molar-refractivity contribution in [3.8, 4) is 11.5 Å². The zero-order valence-electron chi connectivity index (χ0n) is 20.7. The quantitative estimate of drug-likeness (QED) is 0.197. The minimum Gasteiger partial charge on any atom is -0.487 e. The summed E-state index contributed by atoms with van der Waals surface area (Å²) in [5.74, 6) is -2.28. The third-order valence-corrected chi connectivity index (χ3v) is 6.38. The Morgan fingerprint density at radius 2 is 1.12 bits per heavy atom. The van der Waals surface area contributed by atoms with Crippen LogP contribution in [0, 0.1) is 11.6 Å². The fourth-order valence-electron chi connectivity index (χ4n) is 3.32. The summed E-state index contributed by atoms with van der Waals surface area (Å²) in [5.41, 5.74) is 0.0845. The van der Waals surface area contributed by atoms with E-state index in [4.69, 9.17) is 61.0 Å². The number of carbonyl (C=O) groups is 2. The van der Waals surface area contributed by atoms with Crippen molar-refractivity contribution >= 4 is 58.2 Å². The van der Waals surface area contributed by atoms with E-state index in [0.29, 0.717) is 37.2 Å². The highest BCUT2D eigenvalue weighted by atomic mass is 35.5. The third-order valence-electron chi connectivity index (χ3n) is 5.32. The monoisotopic (exact) mass is 626 g/mol. The molecule has 0 radical (unpaired) electrons. The number of carboxylic acids is 1. The number of halogens is 6. The first-order chi connectivity index (χ1) is 19.0. The fourth-order valence-corrected chi connectivity index (χ4v) is 4.24. The molecule has 0 unspecified atom stereocenters. The van der Waals surface area contributed by atoms with Crippen molar-refractivity contribution in [2.24, 2.45) is 0 Å². The van der Waals surface area contributed by atoms with Crippen molar-refractivity contribution in [1.29, 1.82) is 0 Å². The maximum Gasteiger partial charge on any atom is 0.338 e. The molecule has 0 amide bonds. The highest BCUT2D eigenvalue weighted by Gasteiger charge is 2.15. The number of rotatable bonds is 8. The third kappa shape index (κ3) is 8.32. The smallest absolute Gasteiger partial charge is 0.338 e. The summed E-state index contributed by atoms with van der Waals surface area (Å²) in [6.45, 7) is 1.17. The first-order valence-corrected chi connectivity index (χ1v) is 12.9. The van der Waals surface area contributed by atoms with E-state index in [-0.39, 0.29) is 30.1 Å². The molecule has 0 spiro atoms. The number of hydrogen-bond acceptors (Lipinski definition) is 4. The molecular weight excluding hydrogens is 608 g/mol. The maximum atomic E-state index is 14.0. The summed E-state index contributed by atoms with van der Waals surface area (Å²) in [6.07, 6.45) is 0. The molecule has 0 fully saturated rings. The van der Waals surface area contributed by atoms with Gasteiger partial charge < -0.3 is 14.6 Å². The molecule has 0 aliphatic heterocycles. The molecule has 5 nitrogen and oxygen atoms in total. The van der Waals surface area contributed by atoms with E-state index in [0.717, 1.165) is 0 Å². The van der Waals surface area contributed by atoms with E-state index in [1.807, 2.05) is 0 Å². The summed E-state index contributed by atoms with van der Waals surface area (Å²) in [6, 6.07) is 18.1. The number of ketones is 1. The molecule has 0 saturated heterocycles. The topological polar surface area (TPSA) is 72.8 Å². The molecule has 4 aromatic rings. The van der Waals surface area contributed by atoms with Gasteiger partial charge in [-0.1, -0.05) is 70.7 Å². The molecule has 0 saturated carbocycles. The molecule has 0 aliphatic carbocycles. The van der Waals surface area contributed by atoms with Crippen LogP contribution in [0.4, 0.5) is 8.78 Å². The molecule has 4 rings (SSSR count). The van der Waals surface area contributed by atoms with Crippen LogP contribution in [0.5, 0.6) is 11.5 Å². The summed E-state index contributed by atoms with van der Waals surface area (Å²) in [5, 5.41) is 10.4. The molecule has 0 aromatic heterocycles. The van der Waals surface area contributed by atoms with Crippen molar-refractivity contribution in [2.75, 3.05) is 0 Å². The van der Waals surface area contributed by atoms with E-state index in [1.165, 1.54) is 37.3 Å². The van der Waals surface area contributed by atoms with Crippen LogP contribution in [-0.2, 0) is 13.2 Å². The first kappa shape index (κ1) is 31.2. The summed E-state index contributed by atoms with van der Waals surface area (Å²) in [4.78, 5) is 22.1. The second-order valence-corrected chi connectivity index (χ2v) is 9.83. The highest BCUT2D eigenvalue weighted by molar-refractivity contribution is 6.36. The van der Waals surface area contributed by atoms with E-state index in [9.17, 15) is 18.4 Å². The zero-order valence-corrected chi connectivity index (χ0v) is 23.7. The van der Waals surface area contributed by atoms with Crippen LogP contribution in [0.1, 0.15) is 38.8 Å². The van der Waals surface area contributed by atoms with Gasteiger partial charge in [0, 0.05) is 21.2 Å². The minimum absolute atomic E-state index is 0.0195. The Morgan fingerprint density at radius 1 is 0.700 bits per heavy atom. The van der Waals surface area contributed by atoms with Crippen LogP contribution in [-0.4, -0.2) is 16.9 Å². The number of benzene rings is 4. The van der Waals surface area contributed by atoms with Crippen molar-refractivity contribution in [1.82, 2.24) is 0 Å². The van der Waals surface area contributed by atoms with Gasteiger partial charge in [-0.15, -0.1) is 0 Å². The SMILES string of the molecule is CC(=O)c1cccc(COc2ccc(Cl)cc2Cl)c1F.O=C(O)c1cccc(COc2ccc(Cl)cc2Cl)c1F. The number of hydrogen-bond donors (Lipinski definition) is 1. The largest absolute Gasteiger partial charge is 0.487 e. The van der Waals surface area contributed by atoms with Crippen LogP contribution in [0.25, 0.3) is 0 Å². The van der Waals surface area contributed by atoms with Gasteiger partial charge in [-0.25, -0.2) is 13.6 Å². The van der Waals surface area contributed by atoms with E-state index >= 15 is 0 Å². The summed E-state index contributed by atoms with van der Waals surface area (Å²) >= 11 is 23.4. The molecule has 0 atom stereocenters. The molecule has 4 aromatic carbocycles. The first-order valence-electron chi connectivity index (χ1n) is 11.4. The van der Waals surface area contributed by atoms with Gasteiger partial charge in [0.2, 0.25) is 0 Å². The predicted molar refractivity (Wildman–Crippen MR) is 151 cm³/mol. The second kappa shape index (κ2) is 14.3. The number of carbonyl (C=O) groups excluding carboxylic acids is 1. The molecule has 0 bridgehead atoms. The Morgan fingerprint density at radius 3 is 1.52 bits per heavy atom. The van der Waals surface area contributed by atoms with Crippen LogP contribution in [0.2, 0.25) is 20.1 Å². The van der Waals surface area contributed by atoms with Crippen LogP contribution in [0.3, 0.4) is 0 Å². The highest BCUT2D eigenvalue weighted by Crippen LogP contribution is 2.29. The normalized spacial score (nSPS) is 10.4. The molecule has 11 heteroatoms. The van der Waals surface area contributed by atoms with Crippen molar-refractivity contribution in [2.45, 2.75) is 20.1 Å². The average Bonchev–Trinajstić information content (AvgIpc) is 2.89. The van der Waals surface area contributed by atoms with Gasteiger partial charge in [-0.3, -0.25) is 4.79 Å². The van der Waals surface area contributed by atoms with Gasteiger partial charge in [0.25, 0.3) is 0 Å². The van der Waals surface area contributed by atoms with Crippen LogP contribution in [0.15, 0.2) is 72.8 Å². The van der Waals surface area contributed by atoms with E-state index in [1.54, 1.807) is 42.5 Å². The van der Waals surface area contributed by atoms with Gasteiger partial charge in [0.15, 0.2) is 5.78 Å². The lowest BCUT2D eigenvalue weighted by atomic mass is 10.1. The molecule has 208 valence electrons. The molecule has 1 N–H and O–H groups in total. The lowest BCUT2D eigenvalue weighted by Gasteiger charge is -2.10. The van der Waals surface area contributed by atoms with Crippen molar-refractivity contribution in [3.63, 3.8) is 0 Å². The Balaban J connectivity index is 0.000000220. The number of Topliss-reactive ketones (excluding diaryl/α,β-unsaturated/α-hetero) is 1. The number of ether oxygens (including phenoxy) is 2. The maximum absolute atomic E-state index is 14.0. The lowest BCUT2D eigenvalue weighted by Crippen LogP contribution is -2.06. The Hall–Kier alpha value is -3.36. The Kier molecular flexibility index (Phi) is 11.2. The second-order valence-electron chi connectivity index (χ2n) is 8.15. The number of aromatic carboxylic acids is 1. The fraction of sp³-hybridized carbons (Fsp3) is 0.103. The van der Waals surface area contributed by atoms with Gasteiger partial charge in [-0.2, -0.15) is 0 Å². The van der Waals surface area contributed by atoms with Gasteiger partial charge in [-0.05, 0) is 55.5 Å².